The lowest BCUT2D eigenvalue weighted by atomic mass is 9.87. The van der Waals surface area contributed by atoms with Crippen LogP contribution in [0.4, 0.5) is 0 Å². The van der Waals surface area contributed by atoms with Crippen LogP contribution in [0.5, 0.6) is 0 Å². The van der Waals surface area contributed by atoms with Crippen molar-refractivity contribution in [3.8, 4) is 0 Å². The van der Waals surface area contributed by atoms with Crippen molar-refractivity contribution in [3.05, 3.63) is 41.2 Å². The van der Waals surface area contributed by atoms with Crippen LogP contribution in [-0.2, 0) is 11.2 Å². The molecule has 1 aliphatic carbocycles. The van der Waals surface area contributed by atoms with Gasteiger partial charge in [0.25, 0.3) is 0 Å². The van der Waals surface area contributed by atoms with E-state index >= 15 is 0 Å². The minimum absolute atomic E-state index is 0.353. The predicted molar refractivity (Wildman–Crippen MR) is 98.4 cm³/mol. The van der Waals surface area contributed by atoms with Gasteiger partial charge >= 0.3 is 0 Å². The number of fused-ring (bicyclic) bond motifs is 1. The minimum atomic E-state index is -1.37. The average molecular weight is 332 g/mol. The first-order valence-corrected chi connectivity index (χ1v) is 9.50. The zero-order valence-electron chi connectivity index (χ0n) is 14.9. The quantitative estimate of drug-likeness (QED) is 0.457. The van der Waals surface area contributed by atoms with E-state index in [2.05, 4.69) is 13.0 Å². The Balaban J connectivity index is 1.73. The highest BCUT2D eigenvalue weighted by atomic mass is 16.5. The molecule has 0 spiro atoms. The molecular formula is C21H32O3. The van der Waals surface area contributed by atoms with Gasteiger partial charge in [-0.1, -0.05) is 76.1 Å². The summed E-state index contributed by atoms with van der Waals surface area (Å²) in [6.07, 6.45) is 11.4. The molecule has 0 amide bonds. The van der Waals surface area contributed by atoms with E-state index in [4.69, 9.17) is 4.74 Å². The van der Waals surface area contributed by atoms with Gasteiger partial charge in [0, 0.05) is 0 Å². The van der Waals surface area contributed by atoms with Gasteiger partial charge in [-0.3, -0.25) is 0 Å². The maximum absolute atomic E-state index is 9.65. The topological polar surface area (TPSA) is 49.7 Å². The van der Waals surface area contributed by atoms with Crippen LogP contribution in [-0.4, -0.2) is 23.1 Å². The van der Waals surface area contributed by atoms with Crippen LogP contribution >= 0.6 is 0 Å². The summed E-state index contributed by atoms with van der Waals surface area (Å²) < 4.78 is 5.90. The number of ether oxygens (including phenoxy) is 1. The van der Waals surface area contributed by atoms with Gasteiger partial charge in [-0.15, -0.1) is 0 Å². The van der Waals surface area contributed by atoms with Gasteiger partial charge in [0.2, 0.25) is 0 Å². The van der Waals surface area contributed by atoms with E-state index in [1.54, 1.807) is 0 Å². The number of aliphatic hydroxyl groups excluding tert-OH is 1. The van der Waals surface area contributed by atoms with Crippen LogP contribution in [0.3, 0.4) is 0 Å². The van der Waals surface area contributed by atoms with Crippen molar-refractivity contribution >= 4 is 6.08 Å². The maximum atomic E-state index is 9.65. The Bertz CT molecular complexity index is 508. The molecule has 0 fully saturated rings. The molecule has 1 unspecified atom stereocenters. The molecule has 24 heavy (non-hydrogen) atoms. The van der Waals surface area contributed by atoms with Gasteiger partial charge in [-0.25, -0.2) is 0 Å². The molecule has 0 heterocycles. The summed E-state index contributed by atoms with van der Waals surface area (Å²) in [5.74, 6) is 0.362. The van der Waals surface area contributed by atoms with E-state index in [1.165, 1.54) is 44.9 Å². The molecular weight excluding hydrogens is 300 g/mol. The van der Waals surface area contributed by atoms with Crippen LogP contribution in [0, 0.1) is 5.92 Å². The van der Waals surface area contributed by atoms with Crippen molar-refractivity contribution in [3.63, 3.8) is 0 Å². The molecule has 0 aliphatic heterocycles. The molecule has 1 aromatic carbocycles. The number of hydrogen-bond donors (Lipinski definition) is 2. The molecule has 3 nitrogen and oxygen atoms in total. The molecule has 134 valence electrons. The second kappa shape index (κ2) is 10.5. The van der Waals surface area contributed by atoms with Crippen molar-refractivity contribution in [2.24, 2.45) is 5.92 Å². The zero-order chi connectivity index (χ0) is 17.2. The summed E-state index contributed by atoms with van der Waals surface area (Å²) in [4.78, 5) is 0. The van der Waals surface area contributed by atoms with Gasteiger partial charge in [0.05, 0.1) is 12.5 Å². The third-order valence-corrected chi connectivity index (χ3v) is 4.78. The molecule has 0 saturated carbocycles. The monoisotopic (exact) mass is 332 g/mol. The molecule has 3 heteroatoms. The van der Waals surface area contributed by atoms with E-state index in [0.29, 0.717) is 18.8 Å². The smallest absolute Gasteiger partial charge is 0.161 e. The fourth-order valence-corrected chi connectivity index (χ4v) is 3.29. The fraction of sp³-hybridized carbons (Fsp3) is 0.619. The number of unbranched alkanes of at least 4 members (excludes halogenated alkanes) is 7. The summed E-state index contributed by atoms with van der Waals surface area (Å²) in [5, 5.41) is 19.3. The van der Waals surface area contributed by atoms with Gasteiger partial charge in [0.15, 0.2) is 6.29 Å². The lowest BCUT2D eigenvalue weighted by molar-refractivity contribution is -0.0859. The Hall–Kier alpha value is -1.32. The Morgan fingerprint density at radius 1 is 1.00 bits per heavy atom. The van der Waals surface area contributed by atoms with Gasteiger partial charge in [-0.2, -0.15) is 0 Å². The van der Waals surface area contributed by atoms with Gasteiger partial charge in [-0.05, 0) is 30.0 Å². The first-order chi connectivity index (χ1) is 11.7. The minimum Gasteiger partial charge on any atom is -0.497 e. The molecule has 2 N–H and O–H groups in total. The molecule has 2 rings (SSSR count). The van der Waals surface area contributed by atoms with E-state index in [0.717, 1.165) is 17.5 Å². The van der Waals surface area contributed by atoms with Crippen molar-refractivity contribution in [1.82, 2.24) is 0 Å². The predicted octanol–water partition coefficient (Wildman–Crippen LogP) is 4.67. The Morgan fingerprint density at radius 2 is 1.67 bits per heavy atom. The molecule has 1 aromatic rings. The summed E-state index contributed by atoms with van der Waals surface area (Å²) >= 11 is 0. The summed E-state index contributed by atoms with van der Waals surface area (Å²) in [6.45, 7) is 2.90. The first kappa shape index (κ1) is 19.0. The van der Waals surface area contributed by atoms with Crippen LogP contribution in [0.15, 0.2) is 30.0 Å². The SMILES string of the molecule is CCCCCCCCCCOC1=Cc2ccccc2CC1C(O)O. The largest absolute Gasteiger partial charge is 0.497 e. The van der Waals surface area contributed by atoms with Crippen LogP contribution in [0.2, 0.25) is 0 Å². The highest BCUT2D eigenvalue weighted by Gasteiger charge is 2.27. The summed E-state index contributed by atoms with van der Waals surface area (Å²) in [6, 6.07) is 8.08. The highest BCUT2D eigenvalue weighted by Crippen LogP contribution is 2.31. The molecule has 0 saturated heterocycles. The second-order valence-electron chi connectivity index (χ2n) is 6.79. The third-order valence-electron chi connectivity index (χ3n) is 4.78. The first-order valence-electron chi connectivity index (χ1n) is 9.50. The second-order valence-corrected chi connectivity index (χ2v) is 6.79. The third kappa shape index (κ3) is 5.95. The molecule has 0 radical (unpaired) electrons. The molecule has 1 atom stereocenters. The van der Waals surface area contributed by atoms with E-state index in [-0.39, 0.29) is 5.92 Å². The maximum Gasteiger partial charge on any atom is 0.161 e. The van der Waals surface area contributed by atoms with Crippen molar-refractivity contribution in [1.29, 1.82) is 0 Å². The van der Waals surface area contributed by atoms with Crippen molar-refractivity contribution in [2.45, 2.75) is 71.0 Å². The van der Waals surface area contributed by atoms with E-state index < -0.39 is 6.29 Å². The normalized spacial score (nSPS) is 16.8. The van der Waals surface area contributed by atoms with Crippen LogP contribution < -0.4 is 0 Å². The number of benzene rings is 1. The summed E-state index contributed by atoms with van der Waals surface area (Å²) in [7, 11) is 0. The molecule has 1 aliphatic rings. The Morgan fingerprint density at radius 3 is 2.38 bits per heavy atom. The highest BCUT2D eigenvalue weighted by molar-refractivity contribution is 5.59. The van der Waals surface area contributed by atoms with Crippen molar-refractivity contribution < 1.29 is 14.9 Å². The van der Waals surface area contributed by atoms with Gasteiger partial charge in [0.1, 0.15) is 5.76 Å². The molecule has 0 aromatic heterocycles. The average Bonchev–Trinajstić information content (AvgIpc) is 2.59. The van der Waals surface area contributed by atoms with Crippen LogP contribution in [0.1, 0.15) is 69.4 Å². The van der Waals surface area contributed by atoms with Gasteiger partial charge < -0.3 is 14.9 Å². The summed E-state index contributed by atoms with van der Waals surface area (Å²) in [5.41, 5.74) is 2.27. The number of rotatable bonds is 11. The Labute approximate surface area is 146 Å². The Kier molecular flexibility index (Phi) is 8.34. The fourth-order valence-electron chi connectivity index (χ4n) is 3.29. The number of hydrogen-bond acceptors (Lipinski definition) is 3. The lowest BCUT2D eigenvalue weighted by Gasteiger charge is -2.27. The number of aliphatic hydroxyl groups is 2. The molecule has 0 bridgehead atoms. The van der Waals surface area contributed by atoms with E-state index in [1.807, 2.05) is 24.3 Å². The van der Waals surface area contributed by atoms with Crippen molar-refractivity contribution in [2.75, 3.05) is 6.61 Å². The lowest BCUT2D eigenvalue weighted by Crippen LogP contribution is -2.27. The zero-order valence-corrected chi connectivity index (χ0v) is 14.9. The van der Waals surface area contributed by atoms with E-state index in [9.17, 15) is 10.2 Å². The van der Waals surface area contributed by atoms with Crippen LogP contribution in [0.25, 0.3) is 6.08 Å². The standard InChI is InChI=1S/C21H32O3/c1-2-3-4-5-6-7-8-11-14-24-20-16-18-13-10-9-12-17(18)15-19(20)21(22)23/h9-10,12-13,16,19,21-23H,2-8,11,14-15H2,1H3.